The van der Waals surface area contributed by atoms with E-state index in [0.29, 0.717) is 33.9 Å². The van der Waals surface area contributed by atoms with Crippen molar-refractivity contribution >= 4 is 34.8 Å². The molecule has 0 fully saturated rings. The topological polar surface area (TPSA) is 68.0 Å². The van der Waals surface area contributed by atoms with Gasteiger partial charge in [0, 0.05) is 18.4 Å². The largest absolute Gasteiger partial charge is 0.339 e. The first-order chi connectivity index (χ1) is 11.6. The molecule has 3 aromatic rings. The normalized spacial score (nSPS) is 10.6. The molecule has 0 saturated heterocycles. The highest BCUT2D eigenvalue weighted by atomic mass is 35.5. The standard InChI is InChI=1S/C17H13Cl2N3O2/c18-12-7-4-8-13(19)16(12)20-14(23)9-10-15-21-17(22-24-15)11-5-2-1-3-6-11/h1-8H,9-10H2,(H,20,23). The Morgan fingerprint density at radius 3 is 2.46 bits per heavy atom. The zero-order valence-corrected chi connectivity index (χ0v) is 14.0. The van der Waals surface area contributed by atoms with Crippen molar-refractivity contribution in [2.45, 2.75) is 12.8 Å². The van der Waals surface area contributed by atoms with E-state index >= 15 is 0 Å². The zero-order valence-electron chi connectivity index (χ0n) is 12.5. The molecule has 0 radical (unpaired) electrons. The molecule has 7 heteroatoms. The number of nitrogens with zero attached hydrogens (tertiary/aromatic N) is 2. The number of amides is 1. The van der Waals surface area contributed by atoms with E-state index in [2.05, 4.69) is 15.5 Å². The van der Waals surface area contributed by atoms with Gasteiger partial charge in [-0.3, -0.25) is 4.79 Å². The Hall–Kier alpha value is -2.37. The molecule has 0 saturated carbocycles. The number of hydrogen-bond donors (Lipinski definition) is 1. The van der Waals surface area contributed by atoms with Crippen LogP contribution in [0.15, 0.2) is 53.1 Å². The van der Waals surface area contributed by atoms with Crippen LogP contribution < -0.4 is 5.32 Å². The third-order valence-electron chi connectivity index (χ3n) is 3.29. The highest BCUT2D eigenvalue weighted by Crippen LogP contribution is 2.29. The van der Waals surface area contributed by atoms with Crippen LogP contribution in [0.2, 0.25) is 10.0 Å². The summed E-state index contributed by atoms with van der Waals surface area (Å²) in [6.45, 7) is 0. The fourth-order valence-corrected chi connectivity index (χ4v) is 2.59. The molecule has 0 atom stereocenters. The SMILES string of the molecule is O=C(CCc1nc(-c2ccccc2)no1)Nc1c(Cl)cccc1Cl. The van der Waals surface area contributed by atoms with E-state index < -0.39 is 0 Å². The van der Waals surface area contributed by atoms with Gasteiger partial charge in [-0.05, 0) is 12.1 Å². The first-order valence-corrected chi connectivity index (χ1v) is 8.01. The molecule has 0 unspecified atom stereocenters. The summed E-state index contributed by atoms with van der Waals surface area (Å²) >= 11 is 12.0. The van der Waals surface area contributed by atoms with Crippen molar-refractivity contribution in [3.05, 3.63) is 64.5 Å². The van der Waals surface area contributed by atoms with Gasteiger partial charge in [-0.1, -0.05) is 64.8 Å². The van der Waals surface area contributed by atoms with Gasteiger partial charge in [0.2, 0.25) is 17.6 Å². The molecule has 122 valence electrons. The molecule has 0 spiro atoms. The minimum Gasteiger partial charge on any atom is -0.339 e. The Kier molecular flexibility index (Phi) is 5.13. The van der Waals surface area contributed by atoms with Crippen molar-refractivity contribution in [3.63, 3.8) is 0 Å². The van der Waals surface area contributed by atoms with Gasteiger partial charge in [0.05, 0.1) is 15.7 Å². The molecule has 2 aromatic carbocycles. The third-order valence-corrected chi connectivity index (χ3v) is 3.92. The monoisotopic (exact) mass is 361 g/mol. The maximum Gasteiger partial charge on any atom is 0.227 e. The predicted octanol–water partition coefficient (Wildman–Crippen LogP) is 4.61. The van der Waals surface area contributed by atoms with Crippen LogP contribution in [0.1, 0.15) is 12.3 Å². The average molecular weight is 362 g/mol. The van der Waals surface area contributed by atoms with Crippen molar-refractivity contribution in [1.82, 2.24) is 10.1 Å². The number of aryl methyl sites for hydroxylation is 1. The van der Waals surface area contributed by atoms with E-state index in [1.54, 1.807) is 18.2 Å². The summed E-state index contributed by atoms with van der Waals surface area (Å²) in [7, 11) is 0. The highest BCUT2D eigenvalue weighted by molar-refractivity contribution is 6.39. The molecule has 1 aromatic heterocycles. The molecule has 5 nitrogen and oxygen atoms in total. The van der Waals surface area contributed by atoms with Crippen LogP contribution in [-0.2, 0) is 11.2 Å². The number of aromatic nitrogens is 2. The summed E-state index contributed by atoms with van der Waals surface area (Å²) in [5, 5.41) is 7.39. The molecular weight excluding hydrogens is 349 g/mol. The quantitative estimate of drug-likeness (QED) is 0.719. The first kappa shape index (κ1) is 16.5. The van der Waals surface area contributed by atoms with Crippen molar-refractivity contribution in [2.75, 3.05) is 5.32 Å². The van der Waals surface area contributed by atoms with Crippen LogP contribution in [0.3, 0.4) is 0 Å². The molecule has 0 aliphatic heterocycles. The van der Waals surface area contributed by atoms with E-state index in [-0.39, 0.29) is 12.3 Å². The number of anilines is 1. The van der Waals surface area contributed by atoms with Gasteiger partial charge in [0.1, 0.15) is 0 Å². The first-order valence-electron chi connectivity index (χ1n) is 7.25. The second-order valence-corrected chi connectivity index (χ2v) is 5.84. The minimum absolute atomic E-state index is 0.179. The van der Waals surface area contributed by atoms with Gasteiger partial charge < -0.3 is 9.84 Å². The lowest BCUT2D eigenvalue weighted by atomic mass is 10.2. The van der Waals surface area contributed by atoms with Gasteiger partial charge in [0.15, 0.2) is 0 Å². The number of nitrogens with one attached hydrogen (secondary N) is 1. The number of rotatable bonds is 5. The molecule has 1 amide bonds. The molecule has 1 N–H and O–H groups in total. The molecule has 0 bridgehead atoms. The summed E-state index contributed by atoms with van der Waals surface area (Å²) in [5.74, 6) is 0.666. The van der Waals surface area contributed by atoms with Crippen LogP contribution in [0.5, 0.6) is 0 Å². The lowest BCUT2D eigenvalue weighted by Gasteiger charge is -2.08. The van der Waals surface area contributed by atoms with Crippen molar-refractivity contribution in [3.8, 4) is 11.4 Å². The predicted molar refractivity (Wildman–Crippen MR) is 93.1 cm³/mol. The Bertz CT molecular complexity index is 830. The number of benzene rings is 2. The van der Waals surface area contributed by atoms with Crippen molar-refractivity contribution in [2.24, 2.45) is 0 Å². The van der Waals surface area contributed by atoms with Gasteiger partial charge in [-0.2, -0.15) is 4.98 Å². The molecule has 1 heterocycles. The van der Waals surface area contributed by atoms with E-state index in [1.165, 1.54) is 0 Å². The van der Waals surface area contributed by atoms with E-state index in [9.17, 15) is 4.79 Å². The van der Waals surface area contributed by atoms with Crippen LogP contribution in [0.25, 0.3) is 11.4 Å². The molecule has 3 rings (SSSR count). The average Bonchev–Trinajstić information content (AvgIpc) is 3.06. The Morgan fingerprint density at radius 1 is 1.04 bits per heavy atom. The van der Waals surface area contributed by atoms with Crippen LogP contribution in [0, 0.1) is 0 Å². The Labute approximate surface area is 148 Å². The lowest BCUT2D eigenvalue weighted by molar-refractivity contribution is -0.116. The third kappa shape index (κ3) is 3.93. The number of carbonyl (C=O) groups excluding carboxylic acids is 1. The summed E-state index contributed by atoms with van der Waals surface area (Å²) in [6.07, 6.45) is 0.506. The van der Waals surface area contributed by atoms with E-state index in [4.69, 9.17) is 27.7 Å². The second-order valence-electron chi connectivity index (χ2n) is 5.02. The second kappa shape index (κ2) is 7.47. The Morgan fingerprint density at radius 2 is 1.75 bits per heavy atom. The highest BCUT2D eigenvalue weighted by Gasteiger charge is 2.13. The fraction of sp³-hybridized carbons (Fsp3) is 0.118. The van der Waals surface area contributed by atoms with E-state index in [1.807, 2.05) is 30.3 Å². The zero-order chi connectivity index (χ0) is 16.9. The number of carbonyl (C=O) groups is 1. The number of hydrogen-bond acceptors (Lipinski definition) is 4. The minimum atomic E-state index is -0.232. The maximum absolute atomic E-state index is 12.0. The lowest BCUT2D eigenvalue weighted by Crippen LogP contribution is -2.13. The molecular formula is C17H13Cl2N3O2. The molecule has 24 heavy (non-hydrogen) atoms. The fourth-order valence-electron chi connectivity index (χ4n) is 2.10. The van der Waals surface area contributed by atoms with Gasteiger partial charge >= 0.3 is 0 Å². The van der Waals surface area contributed by atoms with Gasteiger partial charge in [-0.15, -0.1) is 0 Å². The van der Waals surface area contributed by atoms with Crippen LogP contribution in [0.4, 0.5) is 5.69 Å². The van der Waals surface area contributed by atoms with Crippen molar-refractivity contribution in [1.29, 1.82) is 0 Å². The van der Waals surface area contributed by atoms with Crippen molar-refractivity contribution < 1.29 is 9.32 Å². The number of halogens is 2. The molecule has 0 aliphatic carbocycles. The smallest absolute Gasteiger partial charge is 0.227 e. The number of para-hydroxylation sites is 1. The van der Waals surface area contributed by atoms with Crippen LogP contribution in [-0.4, -0.2) is 16.0 Å². The summed E-state index contributed by atoms with van der Waals surface area (Å²) < 4.78 is 5.17. The summed E-state index contributed by atoms with van der Waals surface area (Å²) in [4.78, 5) is 16.3. The Balaban J connectivity index is 1.60. The molecule has 0 aliphatic rings. The van der Waals surface area contributed by atoms with Gasteiger partial charge in [-0.25, -0.2) is 0 Å². The van der Waals surface area contributed by atoms with E-state index in [0.717, 1.165) is 5.56 Å². The maximum atomic E-state index is 12.0. The van der Waals surface area contributed by atoms with Gasteiger partial charge in [0.25, 0.3) is 0 Å². The summed E-state index contributed by atoms with van der Waals surface area (Å²) in [6, 6.07) is 14.5. The van der Waals surface area contributed by atoms with Crippen LogP contribution >= 0.6 is 23.2 Å². The summed E-state index contributed by atoms with van der Waals surface area (Å²) in [5.41, 5.74) is 1.26.